The van der Waals surface area contributed by atoms with E-state index in [2.05, 4.69) is 27.1 Å². The Kier molecular flexibility index (Phi) is 5.14. The Morgan fingerprint density at radius 2 is 2.15 bits per heavy atom. The third kappa shape index (κ3) is 4.03. The monoisotopic (exact) mass is 388 g/mol. The molecule has 6 nitrogen and oxygen atoms in total. The molecule has 1 aliphatic rings. The number of nitrogens with one attached hydrogen (secondary N) is 1. The van der Waals surface area contributed by atoms with Gasteiger partial charge in [0.15, 0.2) is 15.9 Å². The highest BCUT2D eigenvalue weighted by molar-refractivity contribution is 7.14. The molecule has 4 rings (SSSR count). The van der Waals surface area contributed by atoms with E-state index >= 15 is 0 Å². The number of carbonyl (C=O) groups is 1. The van der Waals surface area contributed by atoms with Crippen LogP contribution in [0.15, 0.2) is 33.6 Å². The van der Waals surface area contributed by atoms with E-state index in [1.54, 1.807) is 17.7 Å². The van der Waals surface area contributed by atoms with E-state index in [1.807, 2.05) is 11.4 Å². The maximum absolute atomic E-state index is 12.4. The molecule has 4 heterocycles. The summed E-state index contributed by atoms with van der Waals surface area (Å²) in [5, 5.41) is 7.90. The molecule has 3 aromatic rings. The second kappa shape index (κ2) is 7.69. The van der Waals surface area contributed by atoms with E-state index < -0.39 is 0 Å². The van der Waals surface area contributed by atoms with E-state index in [-0.39, 0.29) is 5.91 Å². The summed E-state index contributed by atoms with van der Waals surface area (Å²) in [6.07, 6.45) is 4.09. The van der Waals surface area contributed by atoms with Crippen LogP contribution in [0.25, 0.3) is 10.8 Å². The van der Waals surface area contributed by atoms with Crippen molar-refractivity contribution in [3.8, 4) is 10.8 Å². The number of thiazole rings is 2. The SMILES string of the molecule is CC1CCN(Cc2csc(NC(=O)c3csc(-c4ccco4)n3)n2)CC1. The normalized spacial score (nSPS) is 16.0. The van der Waals surface area contributed by atoms with Crippen LogP contribution < -0.4 is 5.32 Å². The van der Waals surface area contributed by atoms with Gasteiger partial charge in [-0.15, -0.1) is 22.7 Å². The van der Waals surface area contributed by atoms with Crippen LogP contribution in [0.5, 0.6) is 0 Å². The third-order valence-corrected chi connectivity index (χ3v) is 6.17. The molecular formula is C18H20N4O2S2. The first kappa shape index (κ1) is 17.4. The van der Waals surface area contributed by atoms with Gasteiger partial charge < -0.3 is 4.42 Å². The first-order chi connectivity index (χ1) is 12.7. The number of furan rings is 1. The molecule has 26 heavy (non-hydrogen) atoms. The molecule has 0 saturated carbocycles. The summed E-state index contributed by atoms with van der Waals surface area (Å²) >= 11 is 2.84. The molecule has 136 valence electrons. The molecule has 0 radical (unpaired) electrons. The van der Waals surface area contributed by atoms with E-state index in [0.29, 0.717) is 21.6 Å². The standard InChI is InChI=1S/C18H20N4O2S2/c1-12-4-6-22(7-5-12)9-13-10-26-18(19-13)21-16(23)14-11-25-17(20-14)15-3-2-8-24-15/h2-3,8,10-12H,4-7,9H2,1H3,(H,19,21,23). The fourth-order valence-electron chi connectivity index (χ4n) is 2.94. The number of amides is 1. The zero-order chi connectivity index (χ0) is 17.9. The smallest absolute Gasteiger partial charge is 0.276 e. The molecule has 0 unspecified atom stereocenters. The summed E-state index contributed by atoms with van der Waals surface area (Å²) in [5.74, 6) is 1.24. The van der Waals surface area contributed by atoms with Gasteiger partial charge in [-0.1, -0.05) is 6.92 Å². The van der Waals surface area contributed by atoms with Crippen molar-refractivity contribution < 1.29 is 9.21 Å². The number of anilines is 1. The quantitative estimate of drug-likeness (QED) is 0.704. The van der Waals surface area contributed by atoms with Crippen LogP contribution in [0.2, 0.25) is 0 Å². The van der Waals surface area contributed by atoms with E-state index in [1.165, 1.54) is 35.5 Å². The van der Waals surface area contributed by atoms with Gasteiger partial charge in [-0.25, -0.2) is 9.97 Å². The third-order valence-electron chi connectivity index (χ3n) is 4.50. The Morgan fingerprint density at radius 3 is 2.92 bits per heavy atom. The van der Waals surface area contributed by atoms with Gasteiger partial charge in [0, 0.05) is 17.3 Å². The zero-order valence-corrected chi connectivity index (χ0v) is 16.1. The number of rotatable bonds is 5. The van der Waals surface area contributed by atoms with Crippen LogP contribution in [-0.2, 0) is 6.54 Å². The van der Waals surface area contributed by atoms with Crippen molar-refractivity contribution in [1.29, 1.82) is 0 Å². The largest absolute Gasteiger partial charge is 0.462 e. The van der Waals surface area contributed by atoms with Gasteiger partial charge >= 0.3 is 0 Å². The van der Waals surface area contributed by atoms with Gasteiger partial charge in [0.05, 0.1) is 12.0 Å². The predicted molar refractivity (Wildman–Crippen MR) is 104 cm³/mol. The summed E-state index contributed by atoms with van der Waals surface area (Å²) in [6.45, 7) is 5.39. The van der Waals surface area contributed by atoms with Crippen LogP contribution in [0.3, 0.4) is 0 Å². The molecule has 1 fully saturated rings. The number of piperidine rings is 1. The lowest BCUT2D eigenvalue weighted by Gasteiger charge is -2.29. The fraction of sp³-hybridized carbons (Fsp3) is 0.389. The van der Waals surface area contributed by atoms with Gasteiger partial charge in [0.2, 0.25) is 0 Å². The summed E-state index contributed by atoms with van der Waals surface area (Å²) in [6, 6.07) is 3.63. The zero-order valence-electron chi connectivity index (χ0n) is 14.5. The molecule has 1 amide bonds. The summed E-state index contributed by atoms with van der Waals surface area (Å²) in [5.41, 5.74) is 1.39. The maximum atomic E-state index is 12.4. The molecule has 0 aromatic carbocycles. The molecule has 1 saturated heterocycles. The average molecular weight is 389 g/mol. The second-order valence-electron chi connectivity index (χ2n) is 6.57. The first-order valence-electron chi connectivity index (χ1n) is 8.65. The van der Waals surface area contributed by atoms with Crippen LogP contribution in [0, 0.1) is 5.92 Å². The molecule has 1 aliphatic heterocycles. The minimum absolute atomic E-state index is 0.244. The van der Waals surface area contributed by atoms with Crippen LogP contribution in [-0.4, -0.2) is 33.9 Å². The van der Waals surface area contributed by atoms with Crippen LogP contribution >= 0.6 is 22.7 Å². The molecule has 0 spiro atoms. The highest BCUT2D eigenvalue weighted by Crippen LogP contribution is 2.25. The molecular weight excluding hydrogens is 368 g/mol. The minimum Gasteiger partial charge on any atom is -0.462 e. The van der Waals surface area contributed by atoms with Crippen molar-refractivity contribution in [3.63, 3.8) is 0 Å². The Hall–Kier alpha value is -2.03. The maximum Gasteiger partial charge on any atom is 0.276 e. The highest BCUT2D eigenvalue weighted by atomic mass is 32.1. The lowest BCUT2D eigenvalue weighted by Crippen LogP contribution is -2.32. The van der Waals surface area contributed by atoms with Crippen molar-refractivity contribution in [2.75, 3.05) is 18.4 Å². The number of aromatic nitrogens is 2. The number of carbonyl (C=O) groups excluding carboxylic acids is 1. The van der Waals surface area contributed by atoms with E-state index in [0.717, 1.165) is 31.2 Å². The van der Waals surface area contributed by atoms with Crippen molar-refractivity contribution in [2.45, 2.75) is 26.3 Å². The predicted octanol–water partition coefficient (Wildman–Crippen LogP) is 4.34. The molecule has 0 bridgehead atoms. The lowest BCUT2D eigenvalue weighted by atomic mass is 9.99. The van der Waals surface area contributed by atoms with Crippen molar-refractivity contribution in [2.24, 2.45) is 5.92 Å². The van der Waals surface area contributed by atoms with Gasteiger partial charge in [-0.05, 0) is 44.0 Å². The number of nitrogens with zero attached hydrogens (tertiary/aromatic N) is 3. The topological polar surface area (TPSA) is 71.3 Å². The van der Waals surface area contributed by atoms with Gasteiger partial charge in [-0.3, -0.25) is 15.0 Å². The Balaban J connectivity index is 1.36. The Labute approximate surface area is 159 Å². The number of hydrogen-bond acceptors (Lipinski definition) is 7. The highest BCUT2D eigenvalue weighted by Gasteiger charge is 2.18. The Bertz CT molecular complexity index is 864. The van der Waals surface area contributed by atoms with Crippen LogP contribution in [0.1, 0.15) is 35.9 Å². The summed E-state index contributed by atoms with van der Waals surface area (Å²) in [4.78, 5) is 23.7. The average Bonchev–Trinajstić information content (AvgIpc) is 3.38. The van der Waals surface area contributed by atoms with Crippen molar-refractivity contribution >= 4 is 33.7 Å². The second-order valence-corrected chi connectivity index (χ2v) is 8.29. The summed E-state index contributed by atoms with van der Waals surface area (Å²) in [7, 11) is 0. The molecule has 1 N–H and O–H groups in total. The number of hydrogen-bond donors (Lipinski definition) is 1. The summed E-state index contributed by atoms with van der Waals surface area (Å²) < 4.78 is 5.31. The molecule has 0 aliphatic carbocycles. The van der Waals surface area contributed by atoms with E-state index in [9.17, 15) is 4.79 Å². The fourth-order valence-corrected chi connectivity index (χ4v) is 4.40. The van der Waals surface area contributed by atoms with Gasteiger partial charge in [0.25, 0.3) is 5.91 Å². The van der Waals surface area contributed by atoms with E-state index in [4.69, 9.17) is 4.42 Å². The van der Waals surface area contributed by atoms with Gasteiger partial charge in [0.1, 0.15) is 5.69 Å². The molecule has 8 heteroatoms. The van der Waals surface area contributed by atoms with Crippen molar-refractivity contribution in [1.82, 2.24) is 14.9 Å². The lowest BCUT2D eigenvalue weighted by molar-refractivity contribution is 0.102. The Morgan fingerprint density at radius 1 is 1.31 bits per heavy atom. The van der Waals surface area contributed by atoms with Crippen LogP contribution in [0.4, 0.5) is 5.13 Å². The van der Waals surface area contributed by atoms with Gasteiger partial charge in [-0.2, -0.15) is 0 Å². The minimum atomic E-state index is -0.244. The van der Waals surface area contributed by atoms with Crippen molar-refractivity contribution in [3.05, 3.63) is 40.5 Å². The molecule has 3 aromatic heterocycles. The molecule has 0 atom stereocenters. The first-order valence-corrected chi connectivity index (χ1v) is 10.4. The number of likely N-dealkylation sites (tertiary alicyclic amines) is 1.